The first kappa shape index (κ1) is 73.1. The van der Waals surface area contributed by atoms with E-state index in [0.29, 0.717) is 103 Å². The number of methoxy groups -OCH3 is 2. The molecule has 520 valence electrons. The van der Waals surface area contributed by atoms with Crippen molar-refractivity contribution in [2.45, 2.75) is 225 Å². The van der Waals surface area contributed by atoms with Gasteiger partial charge < -0.3 is 45.3 Å². The number of nitrogens with one attached hydrogen (secondary N) is 1. The summed E-state index contributed by atoms with van der Waals surface area (Å²) in [5, 5.41) is 43.6. The van der Waals surface area contributed by atoms with Crippen molar-refractivity contribution in [3.05, 3.63) is 153 Å². The average Bonchev–Trinajstić information content (AvgIpc) is 1.38. The van der Waals surface area contributed by atoms with Gasteiger partial charge in [0.1, 0.15) is 24.2 Å². The van der Waals surface area contributed by atoms with Crippen LogP contribution in [0.5, 0.6) is 11.5 Å². The van der Waals surface area contributed by atoms with E-state index in [1.807, 2.05) is 38.1 Å². The number of ketones is 3. The van der Waals surface area contributed by atoms with Gasteiger partial charge in [-0.1, -0.05) is 126 Å². The molecule has 6 N–H and O–H groups in total. The van der Waals surface area contributed by atoms with Crippen molar-refractivity contribution in [1.82, 2.24) is 20.3 Å². The number of allylic oxidation sites excluding steroid dienone is 4. The van der Waals surface area contributed by atoms with Gasteiger partial charge in [0.05, 0.1) is 36.2 Å². The number of carbonyl (C=O) groups is 5. The number of amides is 2. The van der Waals surface area contributed by atoms with Gasteiger partial charge in [-0.3, -0.25) is 19.2 Å². The molecule has 1 heterocycles. The fourth-order valence-corrected chi connectivity index (χ4v) is 16.2. The first-order valence-corrected chi connectivity index (χ1v) is 35.0. The van der Waals surface area contributed by atoms with Crippen LogP contribution >= 0.6 is 0 Å². The molecule has 9 rings (SSSR count). The van der Waals surface area contributed by atoms with Crippen LogP contribution in [0.1, 0.15) is 207 Å². The van der Waals surface area contributed by atoms with Crippen LogP contribution in [0.4, 0.5) is 13.6 Å². The third-order valence-electron chi connectivity index (χ3n) is 21.7. The normalized spacial score (nSPS) is 24.5. The summed E-state index contributed by atoms with van der Waals surface area (Å²) in [6, 6.07) is 21.1. The van der Waals surface area contributed by atoms with E-state index in [1.165, 1.54) is 29.9 Å². The van der Waals surface area contributed by atoms with Crippen LogP contribution < -0.4 is 15.8 Å². The van der Waals surface area contributed by atoms with Crippen molar-refractivity contribution >= 4 is 29.4 Å². The van der Waals surface area contributed by atoms with E-state index in [1.54, 1.807) is 75.1 Å². The number of nitrogens with zero attached hydrogens (tertiary/aromatic N) is 3. The summed E-state index contributed by atoms with van der Waals surface area (Å²) >= 11 is 0. The highest BCUT2D eigenvalue weighted by atomic mass is 19.3. The second-order valence-electron chi connectivity index (χ2n) is 28.1. The number of nitrogens with two attached hydrogens (primary N) is 1. The molecule has 5 aliphatic carbocycles. The highest BCUT2D eigenvalue weighted by Crippen LogP contribution is 2.65. The van der Waals surface area contributed by atoms with Gasteiger partial charge in [0, 0.05) is 61.2 Å². The molecule has 3 aromatic carbocycles. The molecule has 1 aromatic heterocycles. The average molecular weight is 1330 g/mol. The molecule has 19 heteroatoms. The number of carbonyl (C=O) groups excluding carboxylic acids is 5. The van der Waals surface area contributed by atoms with Gasteiger partial charge in [-0.2, -0.15) is 8.78 Å². The first-order chi connectivity index (χ1) is 46.0. The molecule has 0 spiro atoms. The number of aliphatic hydroxyl groups is 2. The number of Topliss-reactive ketones (excluding diaryl/α,β-unsaturated/α-hetero) is 2. The molecule has 0 radical (unpaired) electrons. The molecular weight excluding hydrogens is 1220 g/mol. The van der Waals surface area contributed by atoms with Gasteiger partial charge in [0.25, 0.3) is 5.92 Å². The van der Waals surface area contributed by atoms with E-state index >= 15 is 8.78 Å². The van der Waals surface area contributed by atoms with E-state index in [9.17, 15) is 39.3 Å². The van der Waals surface area contributed by atoms with Crippen LogP contribution in [0.2, 0.25) is 0 Å². The summed E-state index contributed by atoms with van der Waals surface area (Å²) in [7, 11) is 3.00. The van der Waals surface area contributed by atoms with Crippen molar-refractivity contribution in [3.63, 3.8) is 0 Å². The van der Waals surface area contributed by atoms with E-state index < -0.39 is 53.9 Å². The van der Waals surface area contributed by atoms with Crippen molar-refractivity contribution in [2.24, 2.45) is 40.7 Å². The van der Waals surface area contributed by atoms with Crippen molar-refractivity contribution in [1.29, 1.82) is 0 Å². The fourth-order valence-electron chi connectivity index (χ4n) is 16.2. The predicted octanol–water partition coefficient (Wildman–Crippen LogP) is 13.6. The number of halogens is 2. The first-order valence-electron chi connectivity index (χ1n) is 35.0. The molecule has 2 amide bonds. The lowest BCUT2D eigenvalue weighted by atomic mass is 9.51. The molecule has 0 saturated heterocycles. The van der Waals surface area contributed by atoms with E-state index in [-0.39, 0.29) is 84.0 Å². The van der Waals surface area contributed by atoms with Gasteiger partial charge in [-0.05, 0) is 185 Å². The molecule has 2 fully saturated rings. The molecule has 2 saturated carbocycles. The number of fused-ring (bicyclic) bond motifs is 6. The Balaban J connectivity index is 0.688. The SMILES string of the molecule is CCC[C@H](OC)[C@H](O)[C@@H](C)/C=C(\C)[C@H](OC(N)=O)[C@H](/C=C\CC(C)C(=O)NC1=CC(=O)C(CCCCCCCC(=O)c2ccc(CC3CCCCc4c(nnn4CCOc4ccc([C@H]5C[C@@]6(C)C(CC[C@@H]6O)C6CCc7cc(O)ccc7C65)cc4)C3(F)F)cc2)=C(C)C1=O)OC. The number of phenolic OH excluding ortho intramolecular Hbond substituents is 1. The fraction of sp³-hybridized carbons (Fsp3) is 0.571. The maximum Gasteiger partial charge on any atom is 0.405 e. The Kier molecular flexibility index (Phi) is 25.0. The summed E-state index contributed by atoms with van der Waals surface area (Å²) in [6.45, 7) is 11.6. The third kappa shape index (κ3) is 17.0. The number of rotatable bonds is 31. The molecule has 0 aliphatic heterocycles. The zero-order valence-electron chi connectivity index (χ0n) is 57.3. The Morgan fingerprint density at radius 3 is 2.39 bits per heavy atom. The standard InChI is InChI=1S/C77H101F2N5O12/c1-9-18-66(93-7)70(89)47(3)41-48(4)72(96-75(80)92)67(94-8)24-17-19-46(2)74(91)81-62-44-65(87)57(49(5)71(62)90)21-13-11-10-12-14-23-64(86)52-27-25-50(26-28-52)42-54-20-15-16-22-63-73(77(54,78)79)82-83-84(63)39-40-95-56-33-29-51(30-34-56)60-45-76(6)61(37-38-68(76)88)59-35-31-53-43-55(85)32-36-58(53)69(59)60/h17,24-30,32-34,36,41,43-44,46-47,54,59-61,66-70,72,85,88-89H,9-16,18-23,31,35,37-40,42,45H2,1-8H3,(H2,80,92)(H,81,91)/b24-17-,48-41+/t46?,47-,54?,59?,60+,61?,66-,67-,68-,69?,70+,72-,76-/m0/s1. The lowest BCUT2D eigenvalue weighted by Crippen LogP contribution is -2.47. The smallest absolute Gasteiger partial charge is 0.405 e. The lowest BCUT2D eigenvalue weighted by molar-refractivity contribution is -0.125. The van der Waals surface area contributed by atoms with Crippen molar-refractivity contribution in [2.75, 3.05) is 20.8 Å². The highest BCUT2D eigenvalue weighted by molar-refractivity contribution is 6.23. The summed E-state index contributed by atoms with van der Waals surface area (Å²) in [5.41, 5.74) is 11.6. The minimum absolute atomic E-state index is 0.0248. The third-order valence-corrected chi connectivity index (χ3v) is 21.7. The summed E-state index contributed by atoms with van der Waals surface area (Å²) in [5.74, 6) is -4.11. The minimum atomic E-state index is -3.23. The summed E-state index contributed by atoms with van der Waals surface area (Å²) in [6.07, 6.45) is 15.2. The number of unbranched alkanes of at least 4 members (excludes halogenated alkanes) is 4. The molecule has 5 aliphatic rings. The number of ether oxygens (including phenoxy) is 4. The number of aliphatic hydroxyl groups excluding tert-OH is 2. The molecule has 5 unspecified atom stereocenters. The Morgan fingerprint density at radius 1 is 0.927 bits per heavy atom. The van der Waals surface area contributed by atoms with Crippen LogP contribution in [0.25, 0.3) is 0 Å². The number of benzene rings is 3. The van der Waals surface area contributed by atoms with E-state index in [2.05, 4.69) is 40.8 Å². The lowest BCUT2D eigenvalue weighted by Gasteiger charge is -2.54. The highest BCUT2D eigenvalue weighted by Gasteiger charge is 2.58. The van der Waals surface area contributed by atoms with E-state index in [4.69, 9.17) is 24.7 Å². The topological polar surface area (TPSA) is 252 Å². The maximum absolute atomic E-state index is 16.6. The Bertz CT molecular complexity index is 3500. The van der Waals surface area contributed by atoms with Crippen molar-refractivity contribution < 1.29 is 67.0 Å². The van der Waals surface area contributed by atoms with Gasteiger partial charge >= 0.3 is 6.09 Å². The van der Waals surface area contributed by atoms with Gasteiger partial charge in [0.15, 0.2) is 23.4 Å². The molecule has 96 heavy (non-hydrogen) atoms. The predicted molar refractivity (Wildman–Crippen MR) is 362 cm³/mol. The maximum atomic E-state index is 16.6. The minimum Gasteiger partial charge on any atom is -0.508 e. The Labute approximate surface area is 564 Å². The molecule has 0 bridgehead atoms. The number of alkyl halides is 2. The molecular formula is C77H101F2N5O12. The summed E-state index contributed by atoms with van der Waals surface area (Å²) in [4.78, 5) is 65.3. The van der Waals surface area contributed by atoms with Crippen LogP contribution in [0.3, 0.4) is 0 Å². The number of aromatic hydroxyl groups is 1. The zero-order chi connectivity index (χ0) is 69.0. The number of hydrogen-bond acceptors (Lipinski definition) is 14. The van der Waals surface area contributed by atoms with Crippen LogP contribution in [-0.4, -0.2) is 111 Å². The summed E-state index contributed by atoms with van der Waals surface area (Å²) < 4.78 is 57.7. The molecule has 4 aromatic rings. The quantitative estimate of drug-likeness (QED) is 0.0136. The second-order valence-corrected chi connectivity index (χ2v) is 28.1. The number of aromatic nitrogens is 3. The van der Waals surface area contributed by atoms with Gasteiger partial charge in [0.2, 0.25) is 11.7 Å². The van der Waals surface area contributed by atoms with Crippen molar-refractivity contribution in [3.8, 4) is 11.5 Å². The number of hydrogen-bond donors (Lipinski definition) is 5. The Hall–Kier alpha value is -7.19. The van der Waals surface area contributed by atoms with E-state index in [0.717, 1.165) is 69.8 Å². The zero-order valence-corrected chi connectivity index (χ0v) is 57.3. The van der Waals surface area contributed by atoms with Crippen LogP contribution in [0, 0.1) is 35.0 Å². The largest absolute Gasteiger partial charge is 0.508 e. The molecule has 17 nitrogen and oxygen atoms in total. The van der Waals surface area contributed by atoms with Gasteiger partial charge in [-0.25, -0.2) is 9.48 Å². The van der Waals surface area contributed by atoms with Crippen LogP contribution in [-0.2, 0) is 60.3 Å². The second kappa shape index (κ2) is 32.9. The number of phenols is 1. The van der Waals surface area contributed by atoms with Crippen LogP contribution in [0.15, 0.2) is 113 Å². The number of aryl methyl sites for hydroxylation is 1. The number of primary amides is 1. The molecule has 13 atom stereocenters. The van der Waals surface area contributed by atoms with Gasteiger partial charge in [-0.15, -0.1) is 5.10 Å². The Morgan fingerprint density at radius 2 is 1.67 bits per heavy atom. The monoisotopic (exact) mass is 1330 g/mol.